The number of fused-ring (bicyclic) bond motifs is 1. The van der Waals surface area contributed by atoms with E-state index < -0.39 is 0 Å². The molecular weight excluding hydrogens is 230 g/mol. The standard InChI is InChI=1S/C11H17N7/c1-6-8(7(2)18-17-6)3-12-10-9-11(14-4-13-9)16-5-15-10/h4-8,17-18H,3H2,1-2H3,(H2,12,13,14,15,16). The van der Waals surface area contributed by atoms with Crippen LogP contribution in [-0.4, -0.2) is 38.6 Å². The van der Waals surface area contributed by atoms with Crippen LogP contribution in [0.5, 0.6) is 0 Å². The Kier molecular flexibility index (Phi) is 2.85. The molecule has 2 atom stereocenters. The van der Waals surface area contributed by atoms with Crippen molar-refractivity contribution in [1.82, 2.24) is 30.8 Å². The molecule has 7 heteroatoms. The SMILES string of the molecule is CC1NNC(C)C1CNc1ncnc2nc[nH]c12. The maximum absolute atomic E-state index is 4.26. The first kappa shape index (κ1) is 11.4. The second-order valence-corrected chi connectivity index (χ2v) is 4.73. The number of aromatic amines is 1. The number of rotatable bonds is 3. The van der Waals surface area contributed by atoms with Gasteiger partial charge in [-0.05, 0) is 13.8 Å². The number of H-pyrrole nitrogens is 1. The van der Waals surface area contributed by atoms with Gasteiger partial charge in [0, 0.05) is 24.5 Å². The number of nitrogens with zero attached hydrogens (tertiary/aromatic N) is 3. The lowest BCUT2D eigenvalue weighted by molar-refractivity contribution is 0.466. The molecule has 96 valence electrons. The molecule has 0 saturated carbocycles. The zero-order valence-electron chi connectivity index (χ0n) is 10.4. The highest BCUT2D eigenvalue weighted by molar-refractivity contribution is 5.81. The number of imidazole rings is 1. The third kappa shape index (κ3) is 1.91. The third-order valence-electron chi connectivity index (χ3n) is 3.55. The average Bonchev–Trinajstić information content (AvgIpc) is 2.95. The Morgan fingerprint density at radius 1 is 1.17 bits per heavy atom. The fourth-order valence-corrected chi connectivity index (χ4v) is 2.38. The molecule has 3 rings (SSSR count). The van der Waals surface area contributed by atoms with Gasteiger partial charge in [-0.1, -0.05) is 0 Å². The summed E-state index contributed by atoms with van der Waals surface area (Å²) in [4.78, 5) is 15.5. The van der Waals surface area contributed by atoms with Crippen molar-refractivity contribution in [3.63, 3.8) is 0 Å². The Labute approximate surface area is 105 Å². The van der Waals surface area contributed by atoms with E-state index in [2.05, 4.69) is 50.0 Å². The fourth-order valence-electron chi connectivity index (χ4n) is 2.38. The monoisotopic (exact) mass is 247 g/mol. The Balaban J connectivity index is 1.75. The van der Waals surface area contributed by atoms with Gasteiger partial charge in [0.25, 0.3) is 0 Å². The van der Waals surface area contributed by atoms with E-state index in [4.69, 9.17) is 0 Å². The van der Waals surface area contributed by atoms with Crippen molar-refractivity contribution in [1.29, 1.82) is 0 Å². The summed E-state index contributed by atoms with van der Waals surface area (Å²) >= 11 is 0. The van der Waals surface area contributed by atoms with E-state index in [0.717, 1.165) is 17.9 Å². The predicted octanol–water partition coefficient (Wildman–Crippen LogP) is 0.266. The highest BCUT2D eigenvalue weighted by Crippen LogP contribution is 2.18. The molecule has 2 aromatic rings. The van der Waals surface area contributed by atoms with E-state index in [-0.39, 0.29) is 0 Å². The molecule has 2 aromatic heterocycles. The zero-order valence-corrected chi connectivity index (χ0v) is 10.4. The topological polar surface area (TPSA) is 90.5 Å². The van der Waals surface area contributed by atoms with Gasteiger partial charge in [0.2, 0.25) is 0 Å². The normalized spacial score (nSPS) is 27.8. The Morgan fingerprint density at radius 3 is 2.72 bits per heavy atom. The van der Waals surface area contributed by atoms with E-state index in [1.807, 2.05) is 0 Å². The molecule has 1 saturated heterocycles. The molecule has 0 aliphatic carbocycles. The molecule has 7 nitrogen and oxygen atoms in total. The summed E-state index contributed by atoms with van der Waals surface area (Å²) in [5.41, 5.74) is 8.04. The quantitative estimate of drug-likeness (QED) is 0.622. The minimum Gasteiger partial charge on any atom is -0.368 e. The molecule has 0 radical (unpaired) electrons. The number of hydrazine groups is 1. The van der Waals surface area contributed by atoms with Gasteiger partial charge >= 0.3 is 0 Å². The second kappa shape index (κ2) is 4.51. The van der Waals surface area contributed by atoms with Crippen molar-refractivity contribution in [2.24, 2.45) is 5.92 Å². The van der Waals surface area contributed by atoms with Crippen LogP contribution in [0.3, 0.4) is 0 Å². The molecule has 2 unspecified atom stereocenters. The van der Waals surface area contributed by atoms with Gasteiger partial charge in [-0.3, -0.25) is 10.9 Å². The summed E-state index contributed by atoms with van der Waals surface area (Å²) in [6.45, 7) is 5.21. The van der Waals surface area contributed by atoms with Crippen molar-refractivity contribution in [3.8, 4) is 0 Å². The van der Waals surface area contributed by atoms with E-state index in [0.29, 0.717) is 23.6 Å². The van der Waals surface area contributed by atoms with Crippen molar-refractivity contribution >= 4 is 17.0 Å². The molecule has 0 spiro atoms. The van der Waals surface area contributed by atoms with Crippen LogP contribution in [0, 0.1) is 5.92 Å². The third-order valence-corrected chi connectivity index (χ3v) is 3.55. The first-order valence-electron chi connectivity index (χ1n) is 6.14. The lowest BCUT2D eigenvalue weighted by Crippen LogP contribution is -2.30. The molecular formula is C11H17N7. The van der Waals surface area contributed by atoms with Crippen molar-refractivity contribution < 1.29 is 0 Å². The molecule has 0 amide bonds. The van der Waals surface area contributed by atoms with Gasteiger partial charge in [-0.2, -0.15) is 0 Å². The lowest BCUT2D eigenvalue weighted by Gasteiger charge is -2.18. The first-order valence-corrected chi connectivity index (χ1v) is 6.14. The van der Waals surface area contributed by atoms with Crippen LogP contribution in [0.2, 0.25) is 0 Å². The van der Waals surface area contributed by atoms with E-state index in [1.54, 1.807) is 6.33 Å². The summed E-state index contributed by atoms with van der Waals surface area (Å²) in [7, 11) is 0. The predicted molar refractivity (Wildman–Crippen MR) is 68.9 cm³/mol. The Morgan fingerprint density at radius 2 is 1.94 bits per heavy atom. The van der Waals surface area contributed by atoms with Crippen molar-refractivity contribution in [3.05, 3.63) is 12.7 Å². The summed E-state index contributed by atoms with van der Waals surface area (Å²) in [5.74, 6) is 1.32. The molecule has 1 aliphatic rings. The average molecular weight is 247 g/mol. The summed E-state index contributed by atoms with van der Waals surface area (Å²) in [5, 5.41) is 3.37. The van der Waals surface area contributed by atoms with Crippen molar-refractivity contribution in [2.75, 3.05) is 11.9 Å². The van der Waals surface area contributed by atoms with Crippen LogP contribution in [0.25, 0.3) is 11.2 Å². The van der Waals surface area contributed by atoms with Gasteiger partial charge in [-0.25, -0.2) is 15.0 Å². The van der Waals surface area contributed by atoms with Crippen LogP contribution in [0.4, 0.5) is 5.82 Å². The molecule has 0 aromatic carbocycles. The second-order valence-electron chi connectivity index (χ2n) is 4.73. The van der Waals surface area contributed by atoms with Gasteiger partial charge < -0.3 is 10.3 Å². The van der Waals surface area contributed by atoms with E-state index >= 15 is 0 Å². The van der Waals surface area contributed by atoms with E-state index in [1.165, 1.54) is 6.33 Å². The summed E-state index contributed by atoms with van der Waals surface area (Å²) < 4.78 is 0. The first-order chi connectivity index (χ1) is 8.75. The van der Waals surface area contributed by atoms with Crippen LogP contribution in [0.1, 0.15) is 13.8 Å². The van der Waals surface area contributed by atoms with Gasteiger partial charge in [-0.15, -0.1) is 0 Å². The van der Waals surface area contributed by atoms with Crippen LogP contribution in [0.15, 0.2) is 12.7 Å². The number of hydrogen-bond donors (Lipinski definition) is 4. The number of hydrogen-bond acceptors (Lipinski definition) is 6. The number of nitrogens with one attached hydrogen (secondary N) is 4. The smallest absolute Gasteiger partial charge is 0.182 e. The van der Waals surface area contributed by atoms with E-state index in [9.17, 15) is 0 Å². The maximum atomic E-state index is 4.26. The minimum absolute atomic E-state index is 0.437. The highest BCUT2D eigenvalue weighted by atomic mass is 15.4. The molecule has 4 N–H and O–H groups in total. The van der Waals surface area contributed by atoms with Crippen LogP contribution in [-0.2, 0) is 0 Å². The lowest BCUT2D eigenvalue weighted by atomic mass is 9.97. The molecule has 3 heterocycles. The van der Waals surface area contributed by atoms with Gasteiger partial charge in [0.1, 0.15) is 11.8 Å². The van der Waals surface area contributed by atoms with Gasteiger partial charge in [0.15, 0.2) is 11.5 Å². The fraction of sp³-hybridized carbons (Fsp3) is 0.545. The molecule has 1 aliphatic heterocycles. The van der Waals surface area contributed by atoms with Crippen LogP contribution < -0.4 is 16.2 Å². The maximum Gasteiger partial charge on any atom is 0.182 e. The summed E-state index contributed by atoms with van der Waals surface area (Å²) in [6, 6.07) is 0.873. The van der Waals surface area contributed by atoms with Gasteiger partial charge in [0.05, 0.1) is 6.33 Å². The minimum atomic E-state index is 0.437. The molecule has 1 fully saturated rings. The molecule has 18 heavy (non-hydrogen) atoms. The highest BCUT2D eigenvalue weighted by Gasteiger charge is 2.29. The Bertz CT molecular complexity index is 527. The largest absolute Gasteiger partial charge is 0.368 e. The Hall–Kier alpha value is -1.73. The molecule has 0 bridgehead atoms. The zero-order chi connectivity index (χ0) is 12.5. The number of anilines is 1. The van der Waals surface area contributed by atoms with Crippen molar-refractivity contribution in [2.45, 2.75) is 25.9 Å². The summed E-state index contributed by atoms with van der Waals surface area (Å²) in [6.07, 6.45) is 3.16. The van der Waals surface area contributed by atoms with Crippen LogP contribution >= 0.6 is 0 Å². The number of aromatic nitrogens is 4.